The molecule has 8 heteroatoms. The van der Waals surface area contributed by atoms with Gasteiger partial charge in [-0.1, -0.05) is 48.0 Å². The van der Waals surface area contributed by atoms with Crippen LogP contribution >= 0.6 is 0 Å². The van der Waals surface area contributed by atoms with Crippen molar-refractivity contribution in [2.45, 2.75) is 20.1 Å². The van der Waals surface area contributed by atoms with Gasteiger partial charge in [-0.3, -0.25) is 9.69 Å². The molecule has 1 aliphatic heterocycles. The van der Waals surface area contributed by atoms with Gasteiger partial charge in [0.1, 0.15) is 23.8 Å². The summed E-state index contributed by atoms with van der Waals surface area (Å²) in [6.45, 7) is 2.26. The molecule has 1 saturated heterocycles. The van der Waals surface area contributed by atoms with Crippen LogP contribution < -0.4 is 10.1 Å². The molecule has 0 unspecified atom stereocenters. The van der Waals surface area contributed by atoms with Gasteiger partial charge < -0.3 is 19.2 Å². The average molecular weight is 446 g/mol. The normalized spacial score (nSPS) is 14.5. The second-order valence-electron chi connectivity index (χ2n) is 7.45. The Hall–Kier alpha value is -4.33. The number of carbonyl (C=O) groups excluding carboxylic acids is 3. The molecule has 0 saturated carbocycles. The maximum absolute atomic E-state index is 12.8. The SMILES string of the molecule is COC(=O)c1ccc(CN2C(=O)NC(=Cc3ccccc3OCc3cccc(C)c3)C2=O)o1. The number of amides is 3. The van der Waals surface area contributed by atoms with Crippen LogP contribution in [0.1, 0.15) is 33.0 Å². The zero-order chi connectivity index (χ0) is 23.4. The van der Waals surface area contributed by atoms with E-state index >= 15 is 0 Å². The van der Waals surface area contributed by atoms with Gasteiger partial charge >= 0.3 is 12.0 Å². The molecule has 1 N–H and O–H groups in total. The monoisotopic (exact) mass is 446 g/mol. The number of carbonyl (C=O) groups is 3. The minimum atomic E-state index is -0.638. The van der Waals surface area contributed by atoms with Crippen molar-refractivity contribution in [2.75, 3.05) is 7.11 Å². The van der Waals surface area contributed by atoms with Crippen LogP contribution in [-0.4, -0.2) is 29.9 Å². The molecule has 0 bridgehead atoms. The van der Waals surface area contributed by atoms with Crippen LogP contribution in [0.25, 0.3) is 6.08 Å². The lowest BCUT2D eigenvalue weighted by Gasteiger charge is -2.10. The number of furan rings is 1. The molecular formula is C25H22N2O6. The second-order valence-corrected chi connectivity index (χ2v) is 7.45. The molecule has 1 fully saturated rings. The highest BCUT2D eigenvalue weighted by Crippen LogP contribution is 2.24. The van der Waals surface area contributed by atoms with E-state index in [1.165, 1.54) is 19.2 Å². The summed E-state index contributed by atoms with van der Waals surface area (Å²) >= 11 is 0. The van der Waals surface area contributed by atoms with Crippen LogP contribution in [0.15, 0.2) is 70.8 Å². The van der Waals surface area contributed by atoms with Crippen LogP contribution in [0.3, 0.4) is 0 Å². The van der Waals surface area contributed by atoms with E-state index in [0.29, 0.717) is 17.9 Å². The molecule has 2 aromatic carbocycles. The van der Waals surface area contributed by atoms with Crippen LogP contribution in [0, 0.1) is 6.92 Å². The van der Waals surface area contributed by atoms with Gasteiger partial charge in [0, 0.05) is 5.56 Å². The van der Waals surface area contributed by atoms with Gasteiger partial charge in [-0.05, 0) is 36.8 Å². The number of urea groups is 1. The Morgan fingerprint density at radius 2 is 1.91 bits per heavy atom. The van der Waals surface area contributed by atoms with Gasteiger partial charge in [0.15, 0.2) is 0 Å². The number of methoxy groups -OCH3 is 1. The Balaban J connectivity index is 1.49. The maximum atomic E-state index is 12.8. The molecule has 3 amide bonds. The molecule has 0 spiro atoms. The smallest absolute Gasteiger partial charge is 0.373 e. The van der Waals surface area contributed by atoms with Gasteiger partial charge in [-0.2, -0.15) is 0 Å². The summed E-state index contributed by atoms with van der Waals surface area (Å²) in [6.07, 6.45) is 1.58. The van der Waals surface area contributed by atoms with E-state index in [1.54, 1.807) is 18.2 Å². The van der Waals surface area contributed by atoms with Crippen molar-refractivity contribution in [2.24, 2.45) is 0 Å². The first-order chi connectivity index (χ1) is 15.9. The number of nitrogens with zero attached hydrogens (tertiary/aromatic N) is 1. The van der Waals surface area contributed by atoms with Gasteiger partial charge in [0.25, 0.3) is 5.91 Å². The van der Waals surface area contributed by atoms with E-state index in [4.69, 9.17) is 9.15 Å². The fraction of sp³-hybridized carbons (Fsp3) is 0.160. The van der Waals surface area contributed by atoms with Crippen LogP contribution in [0.2, 0.25) is 0 Å². The highest BCUT2D eigenvalue weighted by molar-refractivity contribution is 6.14. The van der Waals surface area contributed by atoms with Gasteiger partial charge in [0.05, 0.1) is 13.7 Å². The van der Waals surface area contributed by atoms with Crippen molar-refractivity contribution >= 4 is 24.0 Å². The third-order valence-electron chi connectivity index (χ3n) is 5.02. The summed E-state index contributed by atoms with van der Waals surface area (Å²) in [6, 6.07) is 17.6. The van der Waals surface area contributed by atoms with E-state index in [-0.39, 0.29) is 23.8 Å². The predicted molar refractivity (Wildman–Crippen MR) is 119 cm³/mol. The molecule has 3 aromatic rings. The lowest BCUT2D eigenvalue weighted by atomic mass is 10.1. The quantitative estimate of drug-likeness (QED) is 0.334. The lowest BCUT2D eigenvalue weighted by molar-refractivity contribution is -0.123. The number of hydrogen-bond donors (Lipinski definition) is 1. The minimum absolute atomic E-state index is 0.00462. The molecule has 1 aromatic heterocycles. The number of hydrogen-bond acceptors (Lipinski definition) is 6. The molecule has 2 heterocycles. The maximum Gasteiger partial charge on any atom is 0.373 e. The topological polar surface area (TPSA) is 98.1 Å². The predicted octanol–water partition coefficient (Wildman–Crippen LogP) is 4.05. The lowest BCUT2D eigenvalue weighted by Crippen LogP contribution is -2.30. The van der Waals surface area contributed by atoms with E-state index in [2.05, 4.69) is 10.1 Å². The molecule has 0 radical (unpaired) electrons. The Kier molecular flexibility index (Phi) is 6.26. The standard InChI is InChI=1S/C25H22N2O6/c1-16-6-5-7-17(12-16)15-32-21-9-4-3-8-18(21)13-20-23(28)27(25(30)26-20)14-19-10-11-22(33-19)24(29)31-2/h3-13H,14-15H2,1-2H3,(H,26,30). The van der Waals surface area contributed by atoms with Gasteiger partial charge in [-0.25, -0.2) is 9.59 Å². The molecule has 4 rings (SSSR count). The first-order valence-electron chi connectivity index (χ1n) is 10.2. The summed E-state index contributed by atoms with van der Waals surface area (Å²) in [5, 5.41) is 2.58. The summed E-state index contributed by atoms with van der Waals surface area (Å²) in [4.78, 5) is 37.8. The number of para-hydroxylation sites is 1. The first-order valence-corrected chi connectivity index (χ1v) is 10.2. The largest absolute Gasteiger partial charge is 0.488 e. The molecule has 33 heavy (non-hydrogen) atoms. The highest BCUT2D eigenvalue weighted by Gasteiger charge is 2.34. The minimum Gasteiger partial charge on any atom is -0.488 e. The highest BCUT2D eigenvalue weighted by atomic mass is 16.5. The van der Waals surface area contributed by atoms with E-state index in [9.17, 15) is 14.4 Å². The van der Waals surface area contributed by atoms with Crippen LogP contribution in [-0.2, 0) is 22.7 Å². The number of rotatable bonds is 7. The Morgan fingerprint density at radius 1 is 1.09 bits per heavy atom. The van der Waals surface area contributed by atoms with Crippen molar-refractivity contribution in [3.63, 3.8) is 0 Å². The van der Waals surface area contributed by atoms with Crippen molar-refractivity contribution in [1.29, 1.82) is 0 Å². The Labute approximate surface area is 190 Å². The zero-order valence-corrected chi connectivity index (χ0v) is 18.2. The van der Waals surface area contributed by atoms with E-state index in [1.807, 2.05) is 43.3 Å². The van der Waals surface area contributed by atoms with Crippen molar-refractivity contribution in [3.8, 4) is 5.75 Å². The third kappa shape index (κ3) is 4.95. The van der Waals surface area contributed by atoms with E-state index < -0.39 is 17.9 Å². The molecule has 1 aliphatic rings. The summed E-state index contributed by atoms with van der Waals surface area (Å²) < 4.78 is 15.9. The van der Waals surface area contributed by atoms with Crippen LogP contribution in [0.5, 0.6) is 5.75 Å². The van der Waals surface area contributed by atoms with E-state index in [0.717, 1.165) is 16.0 Å². The summed E-state index contributed by atoms with van der Waals surface area (Å²) in [5.74, 6) is -0.288. The number of ether oxygens (including phenoxy) is 2. The number of aryl methyl sites for hydroxylation is 1. The molecule has 168 valence electrons. The number of imide groups is 1. The number of nitrogens with one attached hydrogen (secondary N) is 1. The zero-order valence-electron chi connectivity index (χ0n) is 18.2. The average Bonchev–Trinajstić information content (AvgIpc) is 3.38. The van der Waals surface area contributed by atoms with Gasteiger partial charge in [-0.15, -0.1) is 0 Å². The molecule has 0 aliphatic carbocycles. The fourth-order valence-electron chi connectivity index (χ4n) is 3.39. The summed E-state index contributed by atoms with van der Waals surface area (Å²) in [5.41, 5.74) is 2.94. The fourth-order valence-corrected chi connectivity index (χ4v) is 3.39. The molecule has 0 atom stereocenters. The van der Waals surface area contributed by atoms with Crippen molar-refractivity contribution < 1.29 is 28.3 Å². The number of benzene rings is 2. The van der Waals surface area contributed by atoms with Crippen molar-refractivity contribution in [3.05, 3.63) is 94.6 Å². The summed E-state index contributed by atoms with van der Waals surface area (Å²) in [7, 11) is 1.24. The third-order valence-corrected chi connectivity index (χ3v) is 5.02. The Morgan fingerprint density at radius 3 is 2.70 bits per heavy atom. The number of esters is 1. The van der Waals surface area contributed by atoms with Crippen molar-refractivity contribution in [1.82, 2.24) is 10.2 Å². The van der Waals surface area contributed by atoms with Gasteiger partial charge in [0.2, 0.25) is 5.76 Å². The van der Waals surface area contributed by atoms with Crippen LogP contribution in [0.4, 0.5) is 4.79 Å². The molecule has 8 nitrogen and oxygen atoms in total. The first kappa shape index (κ1) is 21.9. The second kappa shape index (κ2) is 9.44. The Bertz CT molecular complexity index is 1240. The molecular weight excluding hydrogens is 424 g/mol.